The standard InChI is InChI=1S/C10H9F3O2/c1-5-3-7(10(11,12)13)4-6(2)8(5)9(14)15/h3-4H,1-2H3,(H,14,15). The van der Waals surface area contributed by atoms with Gasteiger partial charge in [-0.1, -0.05) is 0 Å². The van der Waals surface area contributed by atoms with Gasteiger partial charge in [-0.05, 0) is 37.1 Å². The van der Waals surface area contributed by atoms with Gasteiger partial charge >= 0.3 is 12.1 Å². The van der Waals surface area contributed by atoms with Gasteiger partial charge in [0.05, 0.1) is 11.1 Å². The number of carboxylic acid groups (broad SMARTS) is 1. The highest BCUT2D eigenvalue weighted by atomic mass is 19.4. The van der Waals surface area contributed by atoms with E-state index < -0.39 is 17.7 Å². The Morgan fingerprint density at radius 1 is 1.20 bits per heavy atom. The Hall–Kier alpha value is -1.52. The van der Waals surface area contributed by atoms with Crippen molar-refractivity contribution in [3.05, 3.63) is 34.4 Å². The van der Waals surface area contributed by atoms with Gasteiger partial charge in [0.15, 0.2) is 0 Å². The van der Waals surface area contributed by atoms with Crippen LogP contribution in [-0.4, -0.2) is 11.1 Å². The Bertz CT molecular complexity index is 385. The van der Waals surface area contributed by atoms with Gasteiger partial charge in [-0.2, -0.15) is 13.2 Å². The summed E-state index contributed by atoms with van der Waals surface area (Å²) < 4.78 is 37.0. The molecule has 5 heteroatoms. The molecule has 1 aromatic carbocycles. The molecule has 0 aliphatic heterocycles. The minimum absolute atomic E-state index is 0.0667. The van der Waals surface area contributed by atoms with Gasteiger partial charge in [0, 0.05) is 0 Å². The second-order valence-corrected chi connectivity index (χ2v) is 3.29. The van der Waals surface area contributed by atoms with Crippen LogP contribution in [0.25, 0.3) is 0 Å². The van der Waals surface area contributed by atoms with Crippen LogP contribution in [0.2, 0.25) is 0 Å². The lowest BCUT2D eigenvalue weighted by Gasteiger charge is -2.11. The minimum Gasteiger partial charge on any atom is -0.478 e. The van der Waals surface area contributed by atoms with E-state index in [4.69, 9.17) is 5.11 Å². The summed E-state index contributed by atoms with van der Waals surface area (Å²) in [6.45, 7) is 2.71. The molecule has 0 amide bonds. The quantitative estimate of drug-likeness (QED) is 0.786. The van der Waals surface area contributed by atoms with Gasteiger partial charge in [-0.15, -0.1) is 0 Å². The molecule has 0 spiro atoms. The maximum Gasteiger partial charge on any atom is 0.416 e. The number of benzene rings is 1. The van der Waals surface area contributed by atoms with Crippen molar-refractivity contribution < 1.29 is 23.1 Å². The highest BCUT2D eigenvalue weighted by molar-refractivity contribution is 5.91. The van der Waals surface area contributed by atoms with Gasteiger partial charge in [0.25, 0.3) is 0 Å². The van der Waals surface area contributed by atoms with E-state index in [2.05, 4.69) is 0 Å². The van der Waals surface area contributed by atoms with E-state index in [1.165, 1.54) is 13.8 Å². The topological polar surface area (TPSA) is 37.3 Å². The van der Waals surface area contributed by atoms with Gasteiger partial charge in [0.1, 0.15) is 0 Å². The van der Waals surface area contributed by atoms with E-state index >= 15 is 0 Å². The van der Waals surface area contributed by atoms with Gasteiger partial charge < -0.3 is 5.11 Å². The fraction of sp³-hybridized carbons (Fsp3) is 0.300. The van der Waals surface area contributed by atoms with Crippen LogP contribution in [0.15, 0.2) is 12.1 Å². The molecular formula is C10H9F3O2. The minimum atomic E-state index is -4.44. The first-order valence-corrected chi connectivity index (χ1v) is 4.15. The molecule has 0 saturated heterocycles. The number of aryl methyl sites for hydroxylation is 2. The Labute approximate surface area is 84.3 Å². The fourth-order valence-electron chi connectivity index (χ4n) is 1.46. The molecule has 1 N–H and O–H groups in total. The molecule has 0 fully saturated rings. The molecule has 1 rings (SSSR count). The van der Waals surface area contributed by atoms with Crippen LogP contribution in [0.5, 0.6) is 0 Å². The Balaban J connectivity index is 3.39. The molecular weight excluding hydrogens is 209 g/mol. The smallest absolute Gasteiger partial charge is 0.416 e. The van der Waals surface area contributed by atoms with E-state index in [1.807, 2.05) is 0 Å². The lowest BCUT2D eigenvalue weighted by Crippen LogP contribution is -2.10. The van der Waals surface area contributed by atoms with Crippen LogP contribution in [0.4, 0.5) is 13.2 Å². The second kappa shape index (κ2) is 3.56. The summed E-state index contributed by atoms with van der Waals surface area (Å²) in [6.07, 6.45) is -4.44. The van der Waals surface area contributed by atoms with Crippen LogP contribution in [0, 0.1) is 13.8 Å². The Morgan fingerprint density at radius 3 is 1.87 bits per heavy atom. The van der Waals surface area contributed by atoms with E-state index in [0.717, 1.165) is 12.1 Å². The van der Waals surface area contributed by atoms with Crippen LogP contribution in [-0.2, 0) is 6.18 Å². The van der Waals surface area contributed by atoms with Gasteiger partial charge in [-0.25, -0.2) is 4.79 Å². The molecule has 0 bridgehead atoms. The summed E-state index contributed by atoms with van der Waals surface area (Å²) in [5.41, 5.74) is -0.643. The zero-order chi connectivity index (χ0) is 11.8. The van der Waals surface area contributed by atoms with Crippen molar-refractivity contribution in [2.45, 2.75) is 20.0 Å². The summed E-state index contributed by atoms with van der Waals surface area (Å²) in [4.78, 5) is 10.7. The van der Waals surface area contributed by atoms with Crippen molar-refractivity contribution in [1.29, 1.82) is 0 Å². The van der Waals surface area contributed by atoms with Crippen molar-refractivity contribution in [1.82, 2.24) is 0 Å². The highest BCUT2D eigenvalue weighted by Gasteiger charge is 2.31. The maximum atomic E-state index is 12.3. The Morgan fingerprint density at radius 2 is 1.60 bits per heavy atom. The number of alkyl halides is 3. The first kappa shape index (κ1) is 11.6. The number of carboxylic acids is 1. The third kappa shape index (κ3) is 2.29. The lowest BCUT2D eigenvalue weighted by molar-refractivity contribution is -0.137. The predicted octanol–water partition coefficient (Wildman–Crippen LogP) is 3.02. The number of hydrogen-bond acceptors (Lipinski definition) is 1. The van der Waals surface area contributed by atoms with Crippen LogP contribution in [0.1, 0.15) is 27.0 Å². The van der Waals surface area contributed by atoms with Crippen LogP contribution >= 0.6 is 0 Å². The fourth-order valence-corrected chi connectivity index (χ4v) is 1.46. The number of halogens is 3. The van der Waals surface area contributed by atoms with E-state index in [1.54, 1.807) is 0 Å². The predicted molar refractivity (Wildman–Crippen MR) is 47.9 cm³/mol. The molecule has 0 atom stereocenters. The molecule has 0 aromatic heterocycles. The van der Waals surface area contributed by atoms with E-state index in [0.29, 0.717) is 0 Å². The molecule has 2 nitrogen and oxygen atoms in total. The zero-order valence-corrected chi connectivity index (χ0v) is 8.14. The molecule has 0 unspecified atom stereocenters. The molecule has 1 aromatic rings. The molecule has 0 aliphatic rings. The van der Waals surface area contributed by atoms with Crippen molar-refractivity contribution >= 4 is 5.97 Å². The zero-order valence-electron chi connectivity index (χ0n) is 8.14. The molecule has 0 saturated carbocycles. The summed E-state index contributed by atoms with van der Waals surface area (Å²) in [6, 6.07) is 1.69. The molecule has 15 heavy (non-hydrogen) atoms. The van der Waals surface area contributed by atoms with Crippen LogP contribution in [0.3, 0.4) is 0 Å². The first-order valence-electron chi connectivity index (χ1n) is 4.15. The third-order valence-electron chi connectivity index (χ3n) is 2.07. The SMILES string of the molecule is Cc1cc(C(F)(F)F)cc(C)c1C(=O)O. The van der Waals surface area contributed by atoms with Gasteiger partial charge in [-0.3, -0.25) is 0 Å². The second-order valence-electron chi connectivity index (χ2n) is 3.29. The summed E-state index contributed by atoms with van der Waals surface area (Å²) >= 11 is 0. The monoisotopic (exact) mass is 218 g/mol. The number of aromatic carboxylic acids is 1. The van der Waals surface area contributed by atoms with Crippen molar-refractivity contribution in [2.75, 3.05) is 0 Å². The summed E-state index contributed by atoms with van der Waals surface area (Å²) in [5.74, 6) is -1.21. The molecule has 0 radical (unpaired) electrons. The summed E-state index contributed by atoms with van der Waals surface area (Å²) in [7, 11) is 0. The average Bonchev–Trinajstić information content (AvgIpc) is 1.99. The average molecular weight is 218 g/mol. The first-order chi connectivity index (χ1) is 6.73. The molecule has 0 aliphatic carbocycles. The molecule has 82 valence electrons. The van der Waals surface area contributed by atoms with E-state index in [9.17, 15) is 18.0 Å². The van der Waals surface area contributed by atoms with E-state index in [-0.39, 0.29) is 16.7 Å². The van der Waals surface area contributed by atoms with Crippen molar-refractivity contribution in [3.8, 4) is 0 Å². The largest absolute Gasteiger partial charge is 0.478 e. The lowest BCUT2D eigenvalue weighted by atomic mass is 9.99. The van der Waals surface area contributed by atoms with Crippen molar-refractivity contribution in [3.63, 3.8) is 0 Å². The van der Waals surface area contributed by atoms with Gasteiger partial charge in [0.2, 0.25) is 0 Å². The Kier molecular flexibility index (Phi) is 2.75. The number of carbonyl (C=O) groups is 1. The van der Waals surface area contributed by atoms with Crippen LogP contribution < -0.4 is 0 Å². The normalized spacial score (nSPS) is 11.5. The molecule has 0 heterocycles. The summed E-state index contributed by atoms with van der Waals surface area (Å²) in [5, 5.41) is 8.76. The highest BCUT2D eigenvalue weighted by Crippen LogP contribution is 2.31. The number of rotatable bonds is 1. The number of hydrogen-bond donors (Lipinski definition) is 1. The maximum absolute atomic E-state index is 12.3. The van der Waals surface area contributed by atoms with Crippen molar-refractivity contribution in [2.24, 2.45) is 0 Å². The third-order valence-corrected chi connectivity index (χ3v) is 2.07.